The lowest BCUT2D eigenvalue weighted by Gasteiger charge is -2.49. The molecule has 1 aliphatic heterocycles. The predicted octanol–water partition coefficient (Wildman–Crippen LogP) is 2.84. The Kier molecular flexibility index (Phi) is 11.4. The fraction of sp³-hybridized carbons (Fsp3) is 0.267. The number of hydrogen-bond acceptors (Lipinski definition) is 13. The minimum Gasteiger partial charge on any atom is -0.497 e. The van der Waals surface area contributed by atoms with Crippen molar-refractivity contribution in [1.82, 2.24) is 15.2 Å². The molecule has 3 amide bonds. The second-order valence-corrected chi connectivity index (χ2v) is 14.8. The summed E-state index contributed by atoms with van der Waals surface area (Å²) in [6, 6.07) is 10.3. The van der Waals surface area contributed by atoms with Gasteiger partial charge in [-0.3, -0.25) is 14.4 Å². The van der Waals surface area contributed by atoms with E-state index in [1.54, 1.807) is 49.4 Å². The third-order valence-electron chi connectivity index (χ3n) is 6.79. The highest BCUT2D eigenvalue weighted by Gasteiger charge is 2.56. The second kappa shape index (κ2) is 15.2. The number of rotatable bonds is 15. The van der Waals surface area contributed by atoms with Crippen LogP contribution in [0.4, 0.5) is 5.13 Å². The average Bonchev–Trinajstić information content (AvgIpc) is 3.51. The number of thiazole rings is 1. The predicted molar refractivity (Wildman–Crippen MR) is 175 cm³/mol. The van der Waals surface area contributed by atoms with Crippen LogP contribution in [0.1, 0.15) is 23.7 Å². The first-order valence-electron chi connectivity index (χ1n) is 13.8. The molecule has 47 heavy (non-hydrogen) atoms. The number of aromatic nitrogens is 1. The minimum absolute atomic E-state index is 0.00245. The number of methoxy groups -OCH3 is 1. The number of oxime groups is 1. The lowest BCUT2D eigenvalue weighted by molar-refractivity contribution is -0.163. The molecule has 0 radical (unpaired) electrons. The molecule has 0 aliphatic carbocycles. The maximum Gasteiger partial charge on any atom is 0.333 e. The summed E-state index contributed by atoms with van der Waals surface area (Å²) >= 11 is 1.01. The number of amides is 3. The molecule has 3 unspecified atom stereocenters. The molecule has 1 aromatic heterocycles. The summed E-state index contributed by atoms with van der Waals surface area (Å²) in [6.07, 6.45) is 0.411. The number of carbonyl (C=O) groups is 4. The van der Waals surface area contributed by atoms with Gasteiger partial charge in [0, 0.05) is 16.2 Å². The van der Waals surface area contributed by atoms with Crippen LogP contribution in [-0.4, -0.2) is 79.9 Å². The highest BCUT2D eigenvalue weighted by molar-refractivity contribution is 8.72. The molecule has 0 bridgehead atoms. The molecule has 3 aromatic rings. The number of aryl methyl sites for hydroxylation is 1. The van der Waals surface area contributed by atoms with Crippen molar-refractivity contribution in [2.75, 3.05) is 19.5 Å². The van der Waals surface area contributed by atoms with Gasteiger partial charge in [0.15, 0.2) is 16.9 Å². The van der Waals surface area contributed by atoms with Crippen molar-refractivity contribution >= 4 is 66.0 Å². The number of nitrogens with zero attached hydrogens (tertiary/aromatic N) is 3. The number of esters is 1. The molecular weight excluding hydrogens is 671 g/mol. The van der Waals surface area contributed by atoms with Gasteiger partial charge in [-0.2, -0.15) is 0 Å². The van der Waals surface area contributed by atoms with E-state index >= 15 is 0 Å². The zero-order valence-corrected chi connectivity index (χ0v) is 28.1. The molecule has 2 heterocycles. The third-order valence-corrected chi connectivity index (χ3v) is 11.4. The number of carbonyl (C=O) groups excluding carboxylic acids is 4. The smallest absolute Gasteiger partial charge is 0.333 e. The van der Waals surface area contributed by atoms with Crippen molar-refractivity contribution in [2.45, 2.75) is 42.8 Å². The van der Waals surface area contributed by atoms with E-state index in [-0.39, 0.29) is 33.6 Å². The van der Waals surface area contributed by atoms with E-state index in [9.17, 15) is 27.6 Å². The fourth-order valence-electron chi connectivity index (χ4n) is 4.53. The molecule has 0 saturated carbocycles. The van der Waals surface area contributed by atoms with Crippen LogP contribution >= 0.6 is 22.1 Å². The summed E-state index contributed by atoms with van der Waals surface area (Å²) in [5.74, 6) is -1.91. The van der Waals surface area contributed by atoms with Gasteiger partial charge in [-0.15, -0.1) is 11.3 Å². The van der Waals surface area contributed by atoms with Crippen molar-refractivity contribution in [3.63, 3.8) is 0 Å². The van der Waals surface area contributed by atoms with Crippen molar-refractivity contribution < 1.29 is 41.9 Å². The van der Waals surface area contributed by atoms with E-state index < -0.39 is 44.1 Å². The number of nitrogens with one attached hydrogen (secondary N) is 2. The third kappa shape index (κ3) is 7.98. The molecule has 0 spiro atoms. The molecule has 2 N–H and O–H groups in total. The zero-order chi connectivity index (χ0) is 34.3. The van der Waals surface area contributed by atoms with Crippen molar-refractivity contribution in [3.05, 3.63) is 82.9 Å². The molecular formula is C30H31N5O9S3. The summed E-state index contributed by atoms with van der Waals surface area (Å²) in [4.78, 5) is 61.4. The maximum absolute atomic E-state index is 13.7. The molecule has 17 heteroatoms. The zero-order valence-electron chi connectivity index (χ0n) is 25.7. The van der Waals surface area contributed by atoms with Crippen molar-refractivity contribution in [1.29, 1.82) is 0 Å². The van der Waals surface area contributed by atoms with E-state index in [0.717, 1.165) is 16.2 Å². The van der Waals surface area contributed by atoms with E-state index in [0.29, 0.717) is 34.1 Å². The number of ether oxygens (including phenoxy) is 2. The first-order valence-corrected chi connectivity index (χ1v) is 17.5. The van der Waals surface area contributed by atoms with Gasteiger partial charge >= 0.3 is 5.97 Å². The molecule has 2 aromatic carbocycles. The van der Waals surface area contributed by atoms with Gasteiger partial charge in [-0.25, -0.2) is 18.2 Å². The number of anilines is 1. The molecule has 1 saturated heterocycles. The van der Waals surface area contributed by atoms with Crippen molar-refractivity contribution in [3.8, 4) is 5.75 Å². The van der Waals surface area contributed by atoms with Gasteiger partial charge in [-0.05, 0) is 48.7 Å². The van der Waals surface area contributed by atoms with Crippen LogP contribution in [0.2, 0.25) is 0 Å². The minimum atomic E-state index is -4.14. The number of hydrogen-bond donors (Lipinski definition) is 2. The summed E-state index contributed by atoms with van der Waals surface area (Å²) in [7, 11) is -1.02. The van der Waals surface area contributed by atoms with Gasteiger partial charge < -0.3 is 29.8 Å². The Morgan fingerprint density at radius 1 is 1.19 bits per heavy atom. The van der Waals surface area contributed by atoms with Crippen LogP contribution in [0.25, 0.3) is 0 Å². The van der Waals surface area contributed by atoms with E-state index in [2.05, 4.69) is 27.4 Å². The first kappa shape index (κ1) is 35.1. The summed E-state index contributed by atoms with van der Waals surface area (Å²) in [5.41, 5.74) is 1.01. The first-order chi connectivity index (χ1) is 22.4. The number of likely N-dealkylation sites (tertiary alicyclic amines) is 1. The van der Waals surface area contributed by atoms with Gasteiger partial charge in [-0.1, -0.05) is 42.1 Å². The quantitative estimate of drug-likeness (QED) is 0.0452. The Morgan fingerprint density at radius 2 is 1.89 bits per heavy atom. The lowest BCUT2D eigenvalue weighted by atomic mass is 9.99. The lowest BCUT2D eigenvalue weighted by Crippen LogP contribution is -2.73. The molecule has 3 atom stereocenters. The molecule has 4 rings (SSSR count). The fourth-order valence-corrected chi connectivity index (χ4v) is 9.13. The van der Waals surface area contributed by atoms with E-state index in [1.807, 2.05) is 0 Å². The van der Waals surface area contributed by atoms with Gasteiger partial charge in [0.1, 0.15) is 36.6 Å². The Hall–Kier alpha value is -4.74. The van der Waals surface area contributed by atoms with Gasteiger partial charge in [0.05, 0.1) is 12.0 Å². The van der Waals surface area contributed by atoms with Crippen LogP contribution in [-0.2, 0) is 44.2 Å². The van der Waals surface area contributed by atoms with Crippen LogP contribution in [0, 0.1) is 6.92 Å². The highest BCUT2D eigenvalue weighted by Crippen LogP contribution is 2.40. The van der Waals surface area contributed by atoms with Crippen molar-refractivity contribution in [2.24, 2.45) is 5.16 Å². The number of β-lactam (4-membered cyclic amide) rings is 1. The molecule has 14 nitrogen and oxygen atoms in total. The van der Waals surface area contributed by atoms with Crippen LogP contribution in [0.3, 0.4) is 0 Å². The van der Waals surface area contributed by atoms with Crippen LogP contribution < -0.4 is 15.4 Å². The summed E-state index contributed by atoms with van der Waals surface area (Å²) in [6.45, 7) is 6.85. The van der Waals surface area contributed by atoms with Crippen LogP contribution in [0.15, 0.2) is 76.1 Å². The van der Waals surface area contributed by atoms with Gasteiger partial charge in [0.25, 0.3) is 5.91 Å². The second-order valence-electron chi connectivity index (χ2n) is 10.0. The Labute approximate surface area is 278 Å². The molecule has 1 fully saturated rings. The topological polar surface area (TPSA) is 183 Å². The SMILES string of the molecule is C=C(C)C(C(=O)OCc1ccc(OC)cc1)N1C(=O)C(NC(=O)/C(=N\OC)c2csc(NC=O)n2)C1SS(=O)(=O)c1ccccc1C. The Balaban J connectivity index is 1.64. The summed E-state index contributed by atoms with van der Waals surface area (Å²) in [5, 5.41) is 8.92. The Morgan fingerprint density at radius 3 is 2.51 bits per heavy atom. The standard InChI is InChI=1S/C30H31N5O9S3/c1-17(2)25(29(39)44-14-19-10-12-20(42-4)13-11-19)35-27(38)24(28(35)46-47(40,41)22-9-7-6-8-18(22)3)33-26(37)23(34-43-5)21-15-45-30(32-21)31-16-36/h6-13,15-16,24-25,28H,1,14H2,2-5H3,(H,33,37)(H,31,32,36)/b34-23-. The number of benzene rings is 2. The van der Waals surface area contributed by atoms with Gasteiger partial charge in [0.2, 0.25) is 21.2 Å². The Bertz CT molecular complexity index is 1810. The van der Waals surface area contributed by atoms with E-state index in [4.69, 9.17) is 14.3 Å². The average molecular weight is 702 g/mol. The monoisotopic (exact) mass is 701 g/mol. The molecule has 1 aliphatic rings. The molecule has 248 valence electrons. The summed E-state index contributed by atoms with van der Waals surface area (Å²) < 4.78 is 38.0. The normalized spacial score (nSPS) is 16.8. The highest BCUT2D eigenvalue weighted by atomic mass is 33.1. The van der Waals surface area contributed by atoms with E-state index in [1.165, 1.54) is 32.6 Å². The van der Waals surface area contributed by atoms with Crippen LogP contribution in [0.5, 0.6) is 5.75 Å². The largest absolute Gasteiger partial charge is 0.497 e. The maximum atomic E-state index is 13.7.